The standard InChI is InChI=1S/C13H17N3O4/c14-10-1-2-12(16(19)20)11(7-10)13(18)15-5-3-9(8-15)4-6-17/h1-2,7,9,17H,3-6,8,14H2. The molecule has 1 aromatic rings. The summed E-state index contributed by atoms with van der Waals surface area (Å²) in [6, 6.07) is 4.01. The second kappa shape index (κ2) is 5.87. The minimum absolute atomic E-state index is 0.0275. The van der Waals surface area contributed by atoms with Crippen molar-refractivity contribution in [3.8, 4) is 0 Å². The number of carbonyl (C=O) groups excluding carboxylic acids is 1. The van der Waals surface area contributed by atoms with E-state index >= 15 is 0 Å². The number of anilines is 1. The first kappa shape index (κ1) is 14.3. The van der Waals surface area contributed by atoms with E-state index in [1.165, 1.54) is 18.2 Å². The van der Waals surface area contributed by atoms with Gasteiger partial charge >= 0.3 is 0 Å². The first-order valence-electron chi connectivity index (χ1n) is 6.47. The zero-order valence-corrected chi connectivity index (χ0v) is 11.0. The molecule has 0 aromatic heterocycles. The normalized spacial score (nSPS) is 18.2. The van der Waals surface area contributed by atoms with Gasteiger partial charge in [0.05, 0.1) is 4.92 Å². The average molecular weight is 279 g/mol. The molecule has 1 saturated heterocycles. The van der Waals surface area contributed by atoms with Crippen LogP contribution in [-0.4, -0.2) is 40.5 Å². The number of hydrogen-bond donors (Lipinski definition) is 2. The highest BCUT2D eigenvalue weighted by Gasteiger charge is 2.30. The Bertz CT molecular complexity index is 532. The zero-order valence-electron chi connectivity index (χ0n) is 11.0. The summed E-state index contributed by atoms with van der Waals surface area (Å²) in [5.41, 5.74) is 5.74. The lowest BCUT2D eigenvalue weighted by atomic mass is 10.1. The quantitative estimate of drug-likeness (QED) is 0.486. The Balaban J connectivity index is 2.21. The number of nitro benzene ring substituents is 1. The molecule has 1 aliphatic rings. The van der Waals surface area contributed by atoms with Gasteiger partial charge in [0.1, 0.15) is 5.56 Å². The van der Waals surface area contributed by atoms with Gasteiger partial charge in [0.2, 0.25) is 0 Å². The van der Waals surface area contributed by atoms with E-state index in [-0.39, 0.29) is 29.7 Å². The molecule has 0 saturated carbocycles. The van der Waals surface area contributed by atoms with Crippen molar-refractivity contribution >= 4 is 17.3 Å². The van der Waals surface area contributed by atoms with Gasteiger partial charge < -0.3 is 15.7 Å². The molecule has 7 nitrogen and oxygen atoms in total. The smallest absolute Gasteiger partial charge is 0.282 e. The van der Waals surface area contributed by atoms with Crippen molar-refractivity contribution in [2.45, 2.75) is 12.8 Å². The van der Waals surface area contributed by atoms with Crippen molar-refractivity contribution in [2.75, 3.05) is 25.4 Å². The summed E-state index contributed by atoms with van der Waals surface area (Å²) in [4.78, 5) is 24.4. The zero-order chi connectivity index (χ0) is 14.7. The van der Waals surface area contributed by atoms with E-state index in [0.29, 0.717) is 25.2 Å². The van der Waals surface area contributed by atoms with E-state index in [1.807, 2.05) is 0 Å². The molecule has 1 atom stereocenters. The minimum atomic E-state index is -0.575. The van der Waals surface area contributed by atoms with Gasteiger partial charge in [-0.3, -0.25) is 14.9 Å². The number of nitro groups is 1. The van der Waals surface area contributed by atoms with Gasteiger partial charge in [-0.2, -0.15) is 0 Å². The Morgan fingerprint density at radius 1 is 1.55 bits per heavy atom. The number of nitrogens with zero attached hydrogens (tertiary/aromatic N) is 2. The van der Waals surface area contributed by atoms with Gasteiger partial charge in [0.25, 0.3) is 11.6 Å². The summed E-state index contributed by atoms with van der Waals surface area (Å²) < 4.78 is 0. The third-order valence-corrected chi connectivity index (χ3v) is 3.56. The summed E-state index contributed by atoms with van der Waals surface area (Å²) in [6.45, 7) is 1.16. The molecule has 20 heavy (non-hydrogen) atoms. The predicted molar refractivity (Wildman–Crippen MR) is 73.2 cm³/mol. The Hall–Kier alpha value is -2.15. The van der Waals surface area contributed by atoms with Crippen LogP contribution >= 0.6 is 0 Å². The molecule has 1 heterocycles. The molecule has 3 N–H and O–H groups in total. The first-order valence-corrected chi connectivity index (χ1v) is 6.47. The Labute approximate surface area is 116 Å². The van der Waals surface area contributed by atoms with Crippen LogP contribution in [-0.2, 0) is 0 Å². The molecule has 7 heteroatoms. The van der Waals surface area contributed by atoms with E-state index in [4.69, 9.17) is 10.8 Å². The molecule has 1 fully saturated rings. The molecular weight excluding hydrogens is 262 g/mol. The van der Waals surface area contributed by atoms with Crippen LogP contribution in [0, 0.1) is 16.0 Å². The molecule has 1 amide bonds. The van der Waals surface area contributed by atoms with Crippen molar-refractivity contribution in [3.63, 3.8) is 0 Å². The van der Waals surface area contributed by atoms with Crippen LogP contribution in [0.4, 0.5) is 11.4 Å². The molecule has 2 rings (SSSR count). The van der Waals surface area contributed by atoms with Gasteiger partial charge in [-0.1, -0.05) is 0 Å². The van der Waals surface area contributed by atoms with Crippen molar-refractivity contribution in [3.05, 3.63) is 33.9 Å². The number of aliphatic hydroxyl groups excluding tert-OH is 1. The number of amides is 1. The minimum Gasteiger partial charge on any atom is -0.399 e. The maximum atomic E-state index is 12.4. The van der Waals surface area contributed by atoms with E-state index in [9.17, 15) is 14.9 Å². The average Bonchev–Trinajstić information content (AvgIpc) is 2.86. The van der Waals surface area contributed by atoms with Gasteiger partial charge in [0, 0.05) is 31.5 Å². The highest BCUT2D eigenvalue weighted by Crippen LogP contribution is 2.26. The van der Waals surface area contributed by atoms with Gasteiger partial charge in [-0.05, 0) is 30.9 Å². The lowest BCUT2D eigenvalue weighted by molar-refractivity contribution is -0.385. The number of rotatable bonds is 4. The lowest BCUT2D eigenvalue weighted by Gasteiger charge is -2.16. The van der Waals surface area contributed by atoms with E-state index in [2.05, 4.69) is 0 Å². The Morgan fingerprint density at radius 3 is 2.95 bits per heavy atom. The van der Waals surface area contributed by atoms with Crippen molar-refractivity contribution in [2.24, 2.45) is 5.92 Å². The Morgan fingerprint density at radius 2 is 2.30 bits per heavy atom. The van der Waals surface area contributed by atoms with Gasteiger partial charge in [0.15, 0.2) is 0 Å². The molecule has 0 aliphatic carbocycles. The Kier molecular flexibility index (Phi) is 4.19. The highest BCUT2D eigenvalue weighted by atomic mass is 16.6. The summed E-state index contributed by atoms with van der Waals surface area (Å²) >= 11 is 0. The predicted octanol–water partition coefficient (Wildman–Crippen LogP) is 1.02. The number of carbonyl (C=O) groups is 1. The van der Waals surface area contributed by atoms with Crippen LogP contribution < -0.4 is 5.73 Å². The molecule has 0 spiro atoms. The van der Waals surface area contributed by atoms with Crippen molar-refractivity contribution in [1.29, 1.82) is 0 Å². The molecule has 0 radical (unpaired) electrons. The fourth-order valence-corrected chi connectivity index (χ4v) is 2.49. The fourth-order valence-electron chi connectivity index (χ4n) is 2.49. The van der Waals surface area contributed by atoms with Crippen LogP contribution in [0.1, 0.15) is 23.2 Å². The van der Waals surface area contributed by atoms with Crippen LogP contribution in [0.2, 0.25) is 0 Å². The SMILES string of the molecule is Nc1ccc([N+](=O)[O-])c(C(=O)N2CCC(CCO)C2)c1. The van der Waals surface area contributed by atoms with Crippen LogP contribution in [0.25, 0.3) is 0 Å². The maximum absolute atomic E-state index is 12.4. The number of hydrogen-bond acceptors (Lipinski definition) is 5. The second-order valence-corrected chi connectivity index (χ2v) is 4.95. The second-order valence-electron chi connectivity index (χ2n) is 4.95. The highest BCUT2D eigenvalue weighted by molar-refractivity contribution is 5.99. The van der Waals surface area contributed by atoms with Crippen LogP contribution in [0.3, 0.4) is 0 Å². The number of benzene rings is 1. The van der Waals surface area contributed by atoms with Gasteiger partial charge in [-0.15, -0.1) is 0 Å². The molecule has 1 unspecified atom stereocenters. The summed E-state index contributed by atoms with van der Waals surface area (Å²) in [7, 11) is 0. The molecular formula is C13H17N3O4. The molecule has 0 bridgehead atoms. The largest absolute Gasteiger partial charge is 0.399 e. The van der Waals surface area contributed by atoms with Crippen LogP contribution in [0.5, 0.6) is 0 Å². The summed E-state index contributed by atoms with van der Waals surface area (Å²) in [6.07, 6.45) is 1.45. The number of nitrogen functional groups attached to an aromatic ring is 1. The third-order valence-electron chi connectivity index (χ3n) is 3.56. The lowest BCUT2D eigenvalue weighted by Crippen LogP contribution is -2.29. The monoisotopic (exact) mass is 279 g/mol. The van der Waals surface area contributed by atoms with E-state index in [0.717, 1.165) is 6.42 Å². The summed E-state index contributed by atoms with van der Waals surface area (Å²) in [5.74, 6) is -0.117. The third kappa shape index (κ3) is 2.88. The van der Waals surface area contributed by atoms with Crippen LogP contribution in [0.15, 0.2) is 18.2 Å². The molecule has 1 aliphatic heterocycles. The molecule has 1 aromatic carbocycles. The molecule has 108 valence electrons. The number of nitrogens with two attached hydrogens (primary N) is 1. The van der Waals surface area contributed by atoms with E-state index < -0.39 is 4.92 Å². The first-order chi connectivity index (χ1) is 9.52. The number of likely N-dealkylation sites (tertiary alicyclic amines) is 1. The fraction of sp³-hybridized carbons (Fsp3) is 0.462. The number of aliphatic hydroxyl groups is 1. The maximum Gasteiger partial charge on any atom is 0.282 e. The van der Waals surface area contributed by atoms with Crippen molar-refractivity contribution in [1.82, 2.24) is 4.90 Å². The van der Waals surface area contributed by atoms with Gasteiger partial charge in [-0.25, -0.2) is 0 Å². The van der Waals surface area contributed by atoms with E-state index in [1.54, 1.807) is 4.90 Å². The van der Waals surface area contributed by atoms with Crippen molar-refractivity contribution < 1.29 is 14.8 Å². The summed E-state index contributed by atoms with van der Waals surface area (Å²) in [5, 5.41) is 19.9. The topological polar surface area (TPSA) is 110 Å².